The van der Waals surface area contributed by atoms with E-state index >= 15 is 0 Å². The van der Waals surface area contributed by atoms with Crippen molar-refractivity contribution in [1.29, 1.82) is 0 Å². The molecular weight excluding hydrogens is 348 g/mol. The quantitative estimate of drug-likeness (QED) is 0.620. The summed E-state index contributed by atoms with van der Waals surface area (Å²) in [6, 6.07) is 6.89. The van der Waals surface area contributed by atoms with Gasteiger partial charge in [0, 0.05) is 19.2 Å². The highest BCUT2D eigenvalue weighted by Crippen LogP contribution is 2.30. The van der Waals surface area contributed by atoms with Crippen molar-refractivity contribution < 1.29 is 18.5 Å². The van der Waals surface area contributed by atoms with Gasteiger partial charge in [-0.25, -0.2) is 4.79 Å². The highest BCUT2D eigenvalue weighted by Gasteiger charge is 2.16. The molecule has 0 radical (unpaired) electrons. The molecule has 2 aromatic heterocycles. The van der Waals surface area contributed by atoms with Gasteiger partial charge in [0.15, 0.2) is 6.61 Å². The zero-order valence-corrected chi connectivity index (χ0v) is 15.9. The Bertz CT molecular complexity index is 1030. The highest BCUT2D eigenvalue weighted by molar-refractivity contribution is 5.88. The summed E-state index contributed by atoms with van der Waals surface area (Å²) in [5.74, 6) is 1.03. The third-order valence-corrected chi connectivity index (χ3v) is 4.27. The molecule has 2 heterocycles. The van der Waals surface area contributed by atoms with E-state index in [-0.39, 0.29) is 12.5 Å². The van der Waals surface area contributed by atoms with E-state index in [9.17, 15) is 9.59 Å². The number of hydrogen-bond donors (Lipinski definition) is 0. The molecule has 27 heavy (non-hydrogen) atoms. The maximum absolute atomic E-state index is 12.4. The van der Waals surface area contributed by atoms with Gasteiger partial charge in [0.05, 0.1) is 11.9 Å². The first kappa shape index (κ1) is 18.7. The average Bonchev–Trinajstić information content (AvgIpc) is 3.02. The molecule has 0 N–H and O–H groups in total. The van der Waals surface area contributed by atoms with Crippen molar-refractivity contribution in [1.82, 2.24) is 10.1 Å². The van der Waals surface area contributed by atoms with Crippen LogP contribution in [0.2, 0.25) is 0 Å². The molecule has 1 amide bonds. The van der Waals surface area contributed by atoms with Gasteiger partial charge in [0.25, 0.3) is 5.91 Å². The van der Waals surface area contributed by atoms with Crippen LogP contribution in [0.3, 0.4) is 0 Å². The summed E-state index contributed by atoms with van der Waals surface area (Å²) >= 11 is 0. The molecule has 0 unspecified atom stereocenters. The van der Waals surface area contributed by atoms with Crippen LogP contribution in [0.5, 0.6) is 5.75 Å². The minimum Gasteiger partial charge on any atom is -0.483 e. The number of aryl methyl sites for hydroxylation is 3. The first-order chi connectivity index (χ1) is 12.9. The molecule has 0 fully saturated rings. The Morgan fingerprint density at radius 1 is 1.22 bits per heavy atom. The molecule has 3 aromatic rings. The normalized spacial score (nSPS) is 11.0. The van der Waals surface area contributed by atoms with Crippen LogP contribution < -0.4 is 10.4 Å². The number of likely N-dealkylation sites (N-methyl/N-ethyl adjacent to an activating group) is 1. The van der Waals surface area contributed by atoms with Crippen LogP contribution in [-0.4, -0.2) is 29.6 Å². The third-order valence-electron chi connectivity index (χ3n) is 4.27. The molecule has 7 nitrogen and oxygen atoms in total. The molecule has 0 bridgehead atoms. The van der Waals surface area contributed by atoms with Crippen molar-refractivity contribution in [2.75, 3.05) is 13.7 Å². The minimum atomic E-state index is -0.394. The van der Waals surface area contributed by atoms with Gasteiger partial charge in [-0.2, -0.15) is 0 Å². The van der Waals surface area contributed by atoms with Crippen molar-refractivity contribution in [3.8, 4) is 5.75 Å². The topological polar surface area (TPSA) is 85.8 Å². The van der Waals surface area contributed by atoms with E-state index < -0.39 is 5.63 Å². The first-order valence-corrected chi connectivity index (χ1v) is 8.73. The smallest absolute Gasteiger partial charge is 0.336 e. The fourth-order valence-electron chi connectivity index (χ4n) is 2.94. The van der Waals surface area contributed by atoms with Crippen molar-refractivity contribution in [3.05, 3.63) is 57.3 Å². The van der Waals surface area contributed by atoms with Crippen molar-refractivity contribution >= 4 is 16.9 Å². The van der Waals surface area contributed by atoms with Crippen molar-refractivity contribution in [2.24, 2.45) is 0 Å². The van der Waals surface area contributed by atoms with Gasteiger partial charge >= 0.3 is 5.63 Å². The van der Waals surface area contributed by atoms with Crippen LogP contribution >= 0.6 is 0 Å². The fourth-order valence-corrected chi connectivity index (χ4v) is 2.94. The van der Waals surface area contributed by atoms with Gasteiger partial charge in [0.2, 0.25) is 0 Å². The maximum Gasteiger partial charge on any atom is 0.336 e. The molecule has 1 aromatic carbocycles. The summed E-state index contributed by atoms with van der Waals surface area (Å²) < 4.78 is 16.1. The Balaban J connectivity index is 1.80. The van der Waals surface area contributed by atoms with Crippen LogP contribution in [0.15, 0.2) is 38.0 Å². The first-order valence-electron chi connectivity index (χ1n) is 8.73. The Labute approximate surface area is 156 Å². The van der Waals surface area contributed by atoms with E-state index in [2.05, 4.69) is 5.16 Å². The minimum absolute atomic E-state index is 0.131. The molecule has 3 rings (SSSR count). The van der Waals surface area contributed by atoms with E-state index in [0.29, 0.717) is 35.8 Å². The average molecular weight is 370 g/mol. The zero-order valence-electron chi connectivity index (χ0n) is 15.9. The molecule has 0 aliphatic heterocycles. The molecule has 7 heteroatoms. The lowest BCUT2D eigenvalue weighted by Gasteiger charge is -2.17. The summed E-state index contributed by atoms with van der Waals surface area (Å²) in [7, 11) is 1.68. The summed E-state index contributed by atoms with van der Waals surface area (Å²) in [6.07, 6.45) is 0.654. The Kier molecular flexibility index (Phi) is 5.30. The van der Waals surface area contributed by atoms with Gasteiger partial charge in [-0.3, -0.25) is 4.79 Å². The Morgan fingerprint density at radius 2 is 2.00 bits per heavy atom. The number of benzene rings is 1. The molecule has 142 valence electrons. The van der Waals surface area contributed by atoms with E-state index in [1.807, 2.05) is 19.9 Å². The number of fused-ring (bicyclic) bond motifs is 1. The van der Waals surface area contributed by atoms with Gasteiger partial charge < -0.3 is 18.6 Å². The predicted molar refractivity (Wildman–Crippen MR) is 99.8 cm³/mol. The predicted octanol–water partition coefficient (Wildman–Crippen LogP) is 3.00. The van der Waals surface area contributed by atoms with Crippen LogP contribution in [0.1, 0.15) is 29.5 Å². The van der Waals surface area contributed by atoms with E-state index in [0.717, 1.165) is 16.5 Å². The van der Waals surface area contributed by atoms with E-state index in [4.69, 9.17) is 13.7 Å². The molecule has 0 atom stereocenters. The monoisotopic (exact) mass is 370 g/mol. The fraction of sp³-hybridized carbons (Fsp3) is 0.350. The molecule has 0 spiro atoms. The maximum atomic E-state index is 12.4. The Hall–Kier alpha value is -3.09. The third kappa shape index (κ3) is 4.19. The number of hydrogen-bond acceptors (Lipinski definition) is 6. The number of ether oxygens (including phenoxy) is 1. The number of carbonyl (C=O) groups is 1. The largest absolute Gasteiger partial charge is 0.483 e. The van der Waals surface area contributed by atoms with Gasteiger partial charge in [-0.1, -0.05) is 12.1 Å². The lowest BCUT2D eigenvalue weighted by Crippen LogP contribution is -2.31. The number of carbonyl (C=O) groups excluding carboxylic acids is 1. The number of nitrogens with zero attached hydrogens (tertiary/aromatic N) is 2. The summed E-state index contributed by atoms with van der Waals surface area (Å²) in [4.78, 5) is 25.7. The van der Waals surface area contributed by atoms with Crippen LogP contribution in [0.25, 0.3) is 11.0 Å². The molecule has 0 aliphatic carbocycles. The Morgan fingerprint density at radius 3 is 2.67 bits per heavy atom. The lowest BCUT2D eigenvalue weighted by molar-refractivity contribution is -0.132. The van der Waals surface area contributed by atoms with Crippen LogP contribution in [0.4, 0.5) is 0 Å². The van der Waals surface area contributed by atoms with Crippen molar-refractivity contribution in [3.63, 3.8) is 0 Å². The second-order valence-corrected chi connectivity index (χ2v) is 6.55. The molecular formula is C20H22N2O5. The summed E-state index contributed by atoms with van der Waals surface area (Å²) in [5.41, 5.74) is 2.46. The van der Waals surface area contributed by atoms with Gasteiger partial charge in [-0.15, -0.1) is 0 Å². The number of amides is 1. The number of rotatable bonds is 6. The zero-order chi connectivity index (χ0) is 19.6. The number of aromatic nitrogens is 1. The van der Waals surface area contributed by atoms with Crippen molar-refractivity contribution in [2.45, 2.75) is 33.7 Å². The van der Waals surface area contributed by atoms with Crippen LogP contribution in [0, 0.1) is 13.8 Å². The second kappa shape index (κ2) is 7.65. The summed E-state index contributed by atoms with van der Waals surface area (Å²) in [5, 5.41) is 4.62. The molecule has 0 saturated heterocycles. The lowest BCUT2D eigenvalue weighted by atomic mass is 10.1. The van der Waals surface area contributed by atoms with Crippen LogP contribution in [-0.2, 0) is 17.8 Å². The van der Waals surface area contributed by atoms with Gasteiger partial charge in [0.1, 0.15) is 22.8 Å². The SMILES string of the molecule is CCc1cc(=O)oc2cc(C)cc(OCC(=O)N(C)Cc3cc(C)on3)c12. The second-order valence-electron chi connectivity index (χ2n) is 6.55. The highest BCUT2D eigenvalue weighted by atomic mass is 16.5. The standard InChI is InChI=1S/C20H22N2O5/c1-5-14-9-19(24)26-17-7-12(2)6-16(20(14)17)25-11-18(23)22(4)10-15-8-13(3)27-21-15/h6-9H,5,10-11H2,1-4H3. The van der Waals surface area contributed by atoms with Gasteiger partial charge in [-0.05, 0) is 43.5 Å². The van der Waals surface area contributed by atoms with E-state index in [1.54, 1.807) is 26.1 Å². The molecule has 0 saturated carbocycles. The van der Waals surface area contributed by atoms with E-state index in [1.165, 1.54) is 11.0 Å². The molecule has 0 aliphatic rings. The summed E-state index contributed by atoms with van der Waals surface area (Å²) in [6.45, 7) is 5.84.